The Balaban J connectivity index is 2.31. The topological polar surface area (TPSA) is 72.2 Å². The van der Waals surface area contributed by atoms with Crippen LogP contribution in [0.5, 0.6) is 0 Å². The highest BCUT2D eigenvalue weighted by atomic mass is 79.9. The van der Waals surface area contributed by atoms with Crippen molar-refractivity contribution in [3.8, 4) is 0 Å². The maximum atomic E-state index is 12.2. The molecular formula is C14H10BrClN2O3. The first-order valence-corrected chi connectivity index (χ1v) is 7.07. The van der Waals surface area contributed by atoms with Crippen LogP contribution in [0.4, 0.5) is 11.4 Å². The number of anilines is 1. The van der Waals surface area contributed by atoms with E-state index in [2.05, 4.69) is 21.2 Å². The van der Waals surface area contributed by atoms with Gasteiger partial charge < -0.3 is 5.32 Å². The van der Waals surface area contributed by atoms with Crippen molar-refractivity contribution in [1.82, 2.24) is 0 Å². The summed E-state index contributed by atoms with van der Waals surface area (Å²) in [6, 6.07) is 9.15. The van der Waals surface area contributed by atoms with Crippen molar-refractivity contribution in [2.75, 3.05) is 5.32 Å². The predicted molar refractivity (Wildman–Crippen MR) is 84.9 cm³/mol. The molecule has 0 heterocycles. The number of carbonyl (C=O) groups is 1. The molecule has 108 valence electrons. The van der Waals surface area contributed by atoms with Gasteiger partial charge in [-0.1, -0.05) is 17.7 Å². The Hall–Kier alpha value is -1.92. The fourth-order valence-corrected chi connectivity index (χ4v) is 2.55. The second-order valence-electron chi connectivity index (χ2n) is 4.36. The van der Waals surface area contributed by atoms with E-state index in [0.29, 0.717) is 10.0 Å². The van der Waals surface area contributed by atoms with E-state index in [1.807, 2.05) is 13.0 Å². The average Bonchev–Trinajstić information content (AvgIpc) is 2.40. The van der Waals surface area contributed by atoms with Crippen molar-refractivity contribution in [2.24, 2.45) is 0 Å². The van der Waals surface area contributed by atoms with Gasteiger partial charge in [0, 0.05) is 16.6 Å². The zero-order valence-corrected chi connectivity index (χ0v) is 13.2. The highest BCUT2D eigenvalue weighted by Crippen LogP contribution is 2.28. The lowest BCUT2D eigenvalue weighted by Crippen LogP contribution is -2.13. The normalized spacial score (nSPS) is 10.2. The third kappa shape index (κ3) is 3.59. The van der Waals surface area contributed by atoms with Crippen LogP contribution in [0.25, 0.3) is 0 Å². The molecule has 0 saturated carbocycles. The number of nitro benzene ring substituents is 1. The lowest BCUT2D eigenvalue weighted by atomic mass is 10.1. The molecule has 1 N–H and O–H groups in total. The molecule has 0 spiro atoms. The van der Waals surface area contributed by atoms with Crippen LogP contribution in [-0.4, -0.2) is 10.8 Å². The van der Waals surface area contributed by atoms with Crippen molar-refractivity contribution in [3.05, 3.63) is 67.1 Å². The molecule has 0 aliphatic heterocycles. The highest BCUT2D eigenvalue weighted by molar-refractivity contribution is 9.10. The van der Waals surface area contributed by atoms with E-state index in [9.17, 15) is 14.9 Å². The summed E-state index contributed by atoms with van der Waals surface area (Å²) in [7, 11) is 0. The molecule has 0 aliphatic rings. The van der Waals surface area contributed by atoms with Crippen molar-refractivity contribution >= 4 is 44.8 Å². The number of nitro groups is 1. The zero-order chi connectivity index (χ0) is 15.6. The van der Waals surface area contributed by atoms with Crippen LogP contribution in [0.1, 0.15) is 15.9 Å². The number of aryl methyl sites for hydroxylation is 1. The first-order valence-electron chi connectivity index (χ1n) is 5.90. The largest absolute Gasteiger partial charge is 0.320 e. The fourth-order valence-electron chi connectivity index (χ4n) is 1.72. The molecule has 0 unspecified atom stereocenters. The van der Waals surface area contributed by atoms with E-state index in [4.69, 9.17) is 11.6 Å². The molecule has 0 aromatic heterocycles. The molecule has 1 amide bonds. The maximum Gasteiger partial charge on any atom is 0.271 e. The van der Waals surface area contributed by atoms with Gasteiger partial charge in [-0.15, -0.1) is 0 Å². The Bertz CT molecular complexity index is 734. The van der Waals surface area contributed by atoms with E-state index in [0.717, 1.165) is 5.56 Å². The highest BCUT2D eigenvalue weighted by Gasteiger charge is 2.15. The summed E-state index contributed by atoms with van der Waals surface area (Å²) >= 11 is 9.26. The summed E-state index contributed by atoms with van der Waals surface area (Å²) in [5.41, 5.74) is 1.48. The summed E-state index contributed by atoms with van der Waals surface area (Å²) in [6.45, 7) is 1.91. The minimum Gasteiger partial charge on any atom is -0.320 e. The number of nitrogens with zero attached hydrogens (tertiary/aromatic N) is 1. The van der Waals surface area contributed by atoms with Crippen molar-refractivity contribution in [3.63, 3.8) is 0 Å². The first kappa shape index (κ1) is 15.5. The van der Waals surface area contributed by atoms with E-state index in [1.54, 1.807) is 12.1 Å². The standard InChI is InChI=1S/C14H10BrClN2O3/c1-8-2-4-10(11(15)6-8)14(19)17-13-7-9(18(20)21)3-5-12(13)16/h2-7H,1H3,(H,17,19). The summed E-state index contributed by atoms with van der Waals surface area (Å²) in [5.74, 6) is -0.399. The predicted octanol–water partition coefficient (Wildman–Crippen LogP) is 4.57. The monoisotopic (exact) mass is 368 g/mol. The third-order valence-corrected chi connectivity index (χ3v) is 3.76. The van der Waals surface area contributed by atoms with Crippen LogP contribution >= 0.6 is 27.5 Å². The number of rotatable bonds is 3. The van der Waals surface area contributed by atoms with Gasteiger partial charge in [-0.25, -0.2) is 0 Å². The number of hydrogen-bond acceptors (Lipinski definition) is 3. The minimum absolute atomic E-state index is 0.141. The molecule has 0 fully saturated rings. The van der Waals surface area contributed by atoms with Crippen molar-refractivity contribution in [1.29, 1.82) is 0 Å². The van der Waals surface area contributed by atoms with Crippen LogP contribution in [-0.2, 0) is 0 Å². The number of hydrogen-bond donors (Lipinski definition) is 1. The number of non-ortho nitro benzene ring substituents is 1. The number of benzene rings is 2. The second-order valence-corrected chi connectivity index (χ2v) is 5.62. The molecule has 7 heteroatoms. The van der Waals surface area contributed by atoms with Crippen molar-refractivity contribution in [2.45, 2.75) is 6.92 Å². The lowest BCUT2D eigenvalue weighted by molar-refractivity contribution is -0.384. The zero-order valence-electron chi connectivity index (χ0n) is 10.9. The first-order chi connectivity index (χ1) is 9.88. The van der Waals surface area contributed by atoms with Gasteiger partial charge in [0.25, 0.3) is 11.6 Å². The molecule has 0 aliphatic carbocycles. The van der Waals surface area contributed by atoms with Gasteiger partial charge in [0.15, 0.2) is 0 Å². The molecule has 5 nitrogen and oxygen atoms in total. The Kier molecular flexibility index (Phi) is 4.59. The van der Waals surface area contributed by atoms with Crippen LogP contribution in [0, 0.1) is 17.0 Å². The van der Waals surface area contributed by atoms with Gasteiger partial charge in [0.05, 0.1) is 21.2 Å². The molecule has 0 bridgehead atoms. The van der Waals surface area contributed by atoms with Gasteiger partial charge in [-0.05, 0) is 46.6 Å². The Morgan fingerprint density at radius 3 is 2.62 bits per heavy atom. The van der Waals surface area contributed by atoms with Gasteiger partial charge in [0.2, 0.25) is 0 Å². The summed E-state index contributed by atoms with van der Waals surface area (Å²) in [4.78, 5) is 22.4. The minimum atomic E-state index is -0.548. The van der Waals surface area contributed by atoms with E-state index < -0.39 is 10.8 Å². The lowest BCUT2D eigenvalue weighted by Gasteiger charge is -2.09. The van der Waals surface area contributed by atoms with E-state index in [1.165, 1.54) is 18.2 Å². The molecular weight excluding hydrogens is 360 g/mol. The molecule has 2 aromatic carbocycles. The molecule has 0 saturated heterocycles. The van der Waals surface area contributed by atoms with Crippen LogP contribution in [0.15, 0.2) is 40.9 Å². The van der Waals surface area contributed by atoms with Crippen molar-refractivity contribution < 1.29 is 9.72 Å². The number of halogens is 2. The summed E-state index contributed by atoms with van der Waals surface area (Å²) in [6.07, 6.45) is 0. The molecule has 0 radical (unpaired) electrons. The van der Waals surface area contributed by atoms with Gasteiger partial charge in [-0.3, -0.25) is 14.9 Å². The fraction of sp³-hybridized carbons (Fsp3) is 0.0714. The average molecular weight is 370 g/mol. The summed E-state index contributed by atoms with van der Waals surface area (Å²) in [5, 5.41) is 13.6. The van der Waals surface area contributed by atoms with E-state index >= 15 is 0 Å². The quantitative estimate of drug-likeness (QED) is 0.636. The second kappa shape index (κ2) is 6.24. The molecule has 21 heavy (non-hydrogen) atoms. The van der Waals surface area contributed by atoms with E-state index in [-0.39, 0.29) is 16.4 Å². The van der Waals surface area contributed by atoms with Gasteiger partial charge in [0.1, 0.15) is 0 Å². The molecule has 2 aromatic rings. The van der Waals surface area contributed by atoms with Gasteiger partial charge >= 0.3 is 0 Å². The Morgan fingerprint density at radius 1 is 1.29 bits per heavy atom. The number of nitrogens with one attached hydrogen (secondary N) is 1. The number of carbonyl (C=O) groups excluding carboxylic acids is 1. The van der Waals surface area contributed by atoms with Crippen LogP contribution < -0.4 is 5.32 Å². The molecule has 0 atom stereocenters. The SMILES string of the molecule is Cc1ccc(C(=O)Nc2cc([N+](=O)[O-])ccc2Cl)c(Br)c1. The smallest absolute Gasteiger partial charge is 0.271 e. The maximum absolute atomic E-state index is 12.2. The summed E-state index contributed by atoms with van der Waals surface area (Å²) < 4.78 is 0.640. The van der Waals surface area contributed by atoms with Crippen LogP contribution in [0.2, 0.25) is 5.02 Å². The Morgan fingerprint density at radius 2 is 2.00 bits per heavy atom. The molecule has 2 rings (SSSR count). The Labute approximate surface area is 134 Å². The number of amides is 1. The third-order valence-electron chi connectivity index (χ3n) is 2.78. The van der Waals surface area contributed by atoms with Gasteiger partial charge in [-0.2, -0.15) is 0 Å². The van der Waals surface area contributed by atoms with Crippen LogP contribution in [0.3, 0.4) is 0 Å².